The Morgan fingerprint density at radius 2 is 1.69 bits per heavy atom. The van der Waals surface area contributed by atoms with Gasteiger partial charge in [-0.1, -0.05) is 65.2 Å². The molecule has 0 saturated carbocycles. The Morgan fingerprint density at radius 3 is 2.38 bits per heavy atom. The maximum absolute atomic E-state index is 12.4. The third kappa shape index (κ3) is 4.05. The molecule has 0 fully saturated rings. The fourth-order valence-corrected chi connectivity index (χ4v) is 3.85. The lowest BCUT2D eigenvalue weighted by molar-refractivity contribution is 0.422. The van der Waals surface area contributed by atoms with Gasteiger partial charge in [0.2, 0.25) is 15.9 Å². The van der Waals surface area contributed by atoms with Gasteiger partial charge in [0.1, 0.15) is 0 Å². The van der Waals surface area contributed by atoms with Gasteiger partial charge in [0.25, 0.3) is 0 Å². The van der Waals surface area contributed by atoms with Crippen molar-refractivity contribution < 1.29 is 12.8 Å². The first-order valence-corrected chi connectivity index (χ1v) is 9.94. The van der Waals surface area contributed by atoms with Gasteiger partial charge in [-0.15, -0.1) is 5.10 Å². The van der Waals surface area contributed by atoms with Gasteiger partial charge >= 0.3 is 6.01 Å². The van der Waals surface area contributed by atoms with E-state index in [2.05, 4.69) is 14.9 Å². The van der Waals surface area contributed by atoms with E-state index >= 15 is 0 Å². The van der Waals surface area contributed by atoms with Crippen LogP contribution in [0.5, 0.6) is 0 Å². The van der Waals surface area contributed by atoms with Crippen LogP contribution in [0.1, 0.15) is 30.9 Å². The van der Waals surface area contributed by atoms with Crippen LogP contribution in [0.4, 0.5) is 6.01 Å². The zero-order valence-electron chi connectivity index (χ0n) is 14.3. The first-order valence-electron chi connectivity index (χ1n) is 7.91. The molecule has 136 valence electrons. The third-order valence-corrected chi connectivity index (χ3v) is 5.55. The van der Waals surface area contributed by atoms with Crippen LogP contribution in [-0.2, 0) is 21.2 Å². The topological polar surface area (TPSA) is 85.1 Å². The second-order valence-corrected chi connectivity index (χ2v) is 8.49. The van der Waals surface area contributed by atoms with Gasteiger partial charge in [-0.25, -0.2) is 13.1 Å². The molecule has 0 saturated heterocycles. The van der Waals surface area contributed by atoms with E-state index in [9.17, 15) is 8.42 Å². The second kappa shape index (κ2) is 7.09. The van der Waals surface area contributed by atoms with Crippen molar-refractivity contribution in [1.29, 1.82) is 0 Å². The Kier molecular flexibility index (Phi) is 5.02. The molecule has 3 aromatic rings. The fraction of sp³-hybridized carbons (Fsp3) is 0.222. The molecular formula is C18H18ClN3O3S. The van der Waals surface area contributed by atoms with Crippen molar-refractivity contribution in [3.8, 4) is 0 Å². The summed E-state index contributed by atoms with van der Waals surface area (Å²) in [5, 5.41) is 8.20. The van der Waals surface area contributed by atoms with Crippen molar-refractivity contribution in [3.63, 3.8) is 0 Å². The number of hydrogen-bond donors (Lipinski definition) is 1. The van der Waals surface area contributed by atoms with E-state index in [4.69, 9.17) is 16.0 Å². The SMILES string of the molecule is CC(C)(c1ccccc1)c1nnc(NS(=O)(=O)Cc2ccccc2Cl)o1. The highest BCUT2D eigenvalue weighted by atomic mass is 35.5. The highest BCUT2D eigenvalue weighted by Crippen LogP contribution is 2.31. The number of aromatic nitrogens is 2. The lowest BCUT2D eigenvalue weighted by Crippen LogP contribution is -2.19. The van der Waals surface area contributed by atoms with Gasteiger partial charge in [0.05, 0.1) is 11.2 Å². The number of rotatable bonds is 6. The summed E-state index contributed by atoms with van der Waals surface area (Å²) in [6.45, 7) is 3.86. The molecule has 1 N–H and O–H groups in total. The maximum atomic E-state index is 12.4. The second-order valence-electron chi connectivity index (χ2n) is 6.36. The molecule has 0 atom stereocenters. The van der Waals surface area contributed by atoms with Crippen LogP contribution in [0, 0.1) is 0 Å². The van der Waals surface area contributed by atoms with Crippen LogP contribution in [0.15, 0.2) is 59.0 Å². The first-order chi connectivity index (χ1) is 12.3. The summed E-state index contributed by atoms with van der Waals surface area (Å²) in [7, 11) is -3.74. The average molecular weight is 392 g/mol. The minimum atomic E-state index is -3.74. The van der Waals surface area contributed by atoms with Crippen LogP contribution in [-0.4, -0.2) is 18.6 Å². The van der Waals surface area contributed by atoms with E-state index in [-0.39, 0.29) is 11.8 Å². The number of anilines is 1. The lowest BCUT2D eigenvalue weighted by Gasteiger charge is -2.20. The summed E-state index contributed by atoms with van der Waals surface area (Å²) in [4.78, 5) is 0. The van der Waals surface area contributed by atoms with Crippen molar-refractivity contribution in [2.45, 2.75) is 25.0 Å². The smallest absolute Gasteiger partial charge is 0.329 e. The molecule has 8 heteroatoms. The summed E-state index contributed by atoms with van der Waals surface area (Å²) >= 11 is 6.02. The summed E-state index contributed by atoms with van der Waals surface area (Å²) in [6.07, 6.45) is 0. The van der Waals surface area contributed by atoms with Crippen molar-refractivity contribution >= 4 is 27.6 Å². The Hall–Kier alpha value is -2.38. The molecule has 3 rings (SSSR count). The van der Waals surface area contributed by atoms with Crippen molar-refractivity contribution in [1.82, 2.24) is 10.2 Å². The van der Waals surface area contributed by atoms with Crippen LogP contribution in [0.3, 0.4) is 0 Å². The molecule has 0 aliphatic heterocycles. The lowest BCUT2D eigenvalue weighted by atomic mass is 9.85. The molecular weight excluding hydrogens is 374 g/mol. The van der Waals surface area contributed by atoms with E-state index < -0.39 is 15.4 Å². The van der Waals surface area contributed by atoms with E-state index in [1.54, 1.807) is 24.3 Å². The Morgan fingerprint density at radius 1 is 1.04 bits per heavy atom. The predicted octanol–water partition coefficient (Wildman–Crippen LogP) is 3.99. The highest BCUT2D eigenvalue weighted by Gasteiger charge is 2.30. The molecule has 0 spiro atoms. The number of benzene rings is 2. The molecule has 0 aliphatic rings. The van der Waals surface area contributed by atoms with Crippen LogP contribution < -0.4 is 4.72 Å². The normalized spacial score (nSPS) is 12.1. The van der Waals surface area contributed by atoms with Crippen molar-refractivity contribution in [2.75, 3.05) is 4.72 Å². The minimum Gasteiger partial charge on any atom is -0.406 e. The van der Waals surface area contributed by atoms with Gasteiger partial charge < -0.3 is 4.42 Å². The summed E-state index contributed by atoms with van der Waals surface area (Å²) in [5.74, 6) is 0.0334. The number of sulfonamides is 1. The van der Waals surface area contributed by atoms with Gasteiger partial charge in [-0.3, -0.25) is 0 Å². The first kappa shape index (κ1) is 18.4. The van der Waals surface area contributed by atoms with Crippen LogP contribution >= 0.6 is 11.6 Å². The monoisotopic (exact) mass is 391 g/mol. The third-order valence-electron chi connectivity index (χ3n) is 4.00. The van der Waals surface area contributed by atoms with Gasteiger partial charge in [-0.05, 0) is 31.0 Å². The molecule has 2 aromatic carbocycles. The van der Waals surface area contributed by atoms with E-state index in [1.807, 2.05) is 44.2 Å². The van der Waals surface area contributed by atoms with Crippen molar-refractivity contribution in [3.05, 3.63) is 76.6 Å². The fourth-order valence-electron chi connectivity index (χ4n) is 2.48. The van der Waals surface area contributed by atoms with Gasteiger partial charge in [0.15, 0.2) is 0 Å². The van der Waals surface area contributed by atoms with Gasteiger partial charge in [0, 0.05) is 5.02 Å². The summed E-state index contributed by atoms with van der Waals surface area (Å²) in [6, 6.07) is 16.2. The molecule has 26 heavy (non-hydrogen) atoms. The van der Waals surface area contributed by atoms with Crippen LogP contribution in [0.25, 0.3) is 0 Å². The minimum absolute atomic E-state index is 0.170. The van der Waals surface area contributed by atoms with E-state index in [0.29, 0.717) is 16.5 Å². The molecule has 1 heterocycles. The molecule has 6 nitrogen and oxygen atoms in total. The highest BCUT2D eigenvalue weighted by molar-refractivity contribution is 7.91. The molecule has 0 aliphatic carbocycles. The quantitative estimate of drug-likeness (QED) is 0.686. The van der Waals surface area contributed by atoms with Gasteiger partial charge in [-0.2, -0.15) is 0 Å². The molecule has 1 aromatic heterocycles. The van der Waals surface area contributed by atoms with Crippen molar-refractivity contribution in [2.24, 2.45) is 0 Å². The number of halogens is 1. The predicted molar refractivity (Wildman–Crippen MR) is 101 cm³/mol. The zero-order chi connectivity index (χ0) is 18.8. The Balaban J connectivity index is 1.79. The number of nitrogens with zero attached hydrogens (tertiary/aromatic N) is 2. The Labute approximate surface area is 157 Å². The summed E-state index contributed by atoms with van der Waals surface area (Å²) in [5.41, 5.74) is 0.917. The van der Waals surface area contributed by atoms with E-state index in [1.165, 1.54) is 0 Å². The van der Waals surface area contributed by atoms with Crippen LogP contribution in [0.2, 0.25) is 5.02 Å². The Bertz CT molecular complexity index is 1000. The van der Waals surface area contributed by atoms with E-state index in [0.717, 1.165) is 5.56 Å². The zero-order valence-corrected chi connectivity index (χ0v) is 15.9. The standard InChI is InChI=1S/C18H18ClN3O3S/c1-18(2,14-9-4-3-5-10-14)16-20-21-17(25-16)22-26(23,24)12-13-8-6-7-11-15(13)19/h3-11H,12H2,1-2H3,(H,21,22). The molecule has 0 unspecified atom stereocenters. The average Bonchev–Trinajstić information content (AvgIpc) is 3.06. The largest absolute Gasteiger partial charge is 0.406 e. The number of nitrogens with one attached hydrogen (secondary N) is 1. The molecule has 0 bridgehead atoms. The molecule has 0 amide bonds. The maximum Gasteiger partial charge on any atom is 0.329 e. The molecule has 0 radical (unpaired) electrons. The number of hydrogen-bond acceptors (Lipinski definition) is 5. The summed E-state index contributed by atoms with van der Waals surface area (Å²) < 4.78 is 32.6.